The molecule has 0 aliphatic heterocycles. The molecule has 0 heterocycles. The van der Waals surface area contributed by atoms with E-state index in [9.17, 15) is 19.5 Å². The lowest BCUT2D eigenvalue weighted by Crippen LogP contribution is -2.47. The van der Waals surface area contributed by atoms with Crippen molar-refractivity contribution in [2.24, 2.45) is 11.3 Å². The number of aliphatic carboxylic acids is 1. The molecule has 0 bridgehead atoms. The van der Waals surface area contributed by atoms with Gasteiger partial charge in [0, 0.05) is 24.9 Å². The summed E-state index contributed by atoms with van der Waals surface area (Å²) in [6.07, 6.45) is 4.42. The van der Waals surface area contributed by atoms with Gasteiger partial charge in [-0.1, -0.05) is 61.4 Å². The molecule has 3 N–H and O–H groups in total. The first kappa shape index (κ1) is 23.4. The molecule has 0 spiro atoms. The largest absolute Gasteiger partial charge is 0.481 e. The van der Waals surface area contributed by atoms with Crippen LogP contribution in [-0.4, -0.2) is 42.3 Å². The Morgan fingerprint density at radius 2 is 1.54 bits per heavy atom. The number of fused-ring (bicyclic) bond motifs is 3. The number of ether oxygens (including phenoxy) is 1. The van der Waals surface area contributed by atoms with Gasteiger partial charge in [-0.05, 0) is 53.9 Å². The molecule has 0 atom stereocenters. The number of rotatable bonds is 8. The van der Waals surface area contributed by atoms with Crippen LogP contribution in [0.1, 0.15) is 62.0 Å². The molecular weight excluding hydrogens is 444 g/mol. The third kappa shape index (κ3) is 4.77. The Bertz CT molecular complexity index is 1070. The second kappa shape index (κ2) is 9.72. The van der Waals surface area contributed by atoms with Crippen LogP contribution in [0, 0.1) is 11.3 Å². The van der Waals surface area contributed by atoms with Gasteiger partial charge in [0.2, 0.25) is 5.91 Å². The highest BCUT2D eigenvalue weighted by Crippen LogP contribution is 2.44. The van der Waals surface area contributed by atoms with Gasteiger partial charge in [-0.2, -0.15) is 0 Å². The van der Waals surface area contributed by atoms with E-state index in [0.717, 1.165) is 25.7 Å². The molecule has 5 rings (SSSR count). The summed E-state index contributed by atoms with van der Waals surface area (Å²) in [6, 6.07) is 16.5. The molecule has 2 fully saturated rings. The van der Waals surface area contributed by atoms with Crippen LogP contribution in [0.5, 0.6) is 0 Å². The Kier molecular flexibility index (Phi) is 6.50. The third-order valence-electron chi connectivity index (χ3n) is 8.01. The smallest absolute Gasteiger partial charge is 0.407 e. The normalized spacial score (nSPS) is 21.9. The molecule has 2 amide bonds. The molecule has 0 unspecified atom stereocenters. The molecule has 0 saturated heterocycles. The number of hydrogen-bond acceptors (Lipinski definition) is 4. The van der Waals surface area contributed by atoms with E-state index in [2.05, 4.69) is 34.9 Å². The molecule has 184 valence electrons. The average Bonchev–Trinajstić information content (AvgIpc) is 3.44. The van der Waals surface area contributed by atoms with Crippen LogP contribution < -0.4 is 10.6 Å². The van der Waals surface area contributed by atoms with E-state index in [1.807, 2.05) is 24.3 Å². The van der Waals surface area contributed by atoms with E-state index in [-0.39, 0.29) is 36.9 Å². The van der Waals surface area contributed by atoms with Crippen molar-refractivity contribution in [1.29, 1.82) is 0 Å². The van der Waals surface area contributed by atoms with Crippen LogP contribution in [-0.2, 0) is 14.3 Å². The molecule has 0 aromatic heterocycles. The Labute approximate surface area is 205 Å². The number of amides is 2. The molecule has 35 heavy (non-hydrogen) atoms. The number of carbonyl (C=O) groups excluding carboxylic acids is 2. The van der Waals surface area contributed by atoms with Gasteiger partial charge in [0.15, 0.2) is 0 Å². The Morgan fingerprint density at radius 3 is 2.14 bits per heavy atom. The number of nitrogens with one attached hydrogen (secondary N) is 2. The summed E-state index contributed by atoms with van der Waals surface area (Å²) < 4.78 is 5.61. The predicted octanol–water partition coefficient (Wildman–Crippen LogP) is 4.46. The first-order valence-electron chi connectivity index (χ1n) is 12.6. The quantitative estimate of drug-likeness (QED) is 0.522. The molecule has 0 radical (unpaired) electrons. The maximum Gasteiger partial charge on any atom is 0.407 e. The van der Waals surface area contributed by atoms with Gasteiger partial charge in [0.25, 0.3) is 0 Å². The summed E-state index contributed by atoms with van der Waals surface area (Å²) in [5, 5.41) is 15.3. The minimum atomic E-state index is -0.814. The number of benzene rings is 2. The zero-order chi connectivity index (χ0) is 24.4. The number of carboxylic acid groups (broad SMARTS) is 1. The predicted molar refractivity (Wildman–Crippen MR) is 131 cm³/mol. The fourth-order valence-electron chi connectivity index (χ4n) is 5.95. The van der Waals surface area contributed by atoms with Crippen molar-refractivity contribution >= 4 is 18.0 Å². The highest BCUT2D eigenvalue weighted by Gasteiger charge is 2.42. The van der Waals surface area contributed by atoms with Gasteiger partial charge in [0.1, 0.15) is 6.61 Å². The Hall–Kier alpha value is -3.35. The lowest BCUT2D eigenvalue weighted by Gasteiger charge is -2.35. The SMILES string of the molecule is O=C(CC1CC(NC(=O)OCC2c3ccccc3-c3ccccc32)C1)NCC1(C(=O)O)CCCC1. The minimum Gasteiger partial charge on any atom is -0.481 e. The van der Waals surface area contributed by atoms with Gasteiger partial charge in [-0.3, -0.25) is 9.59 Å². The van der Waals surface area contributed by atoms with Crippen molar-refractivity contribution in [3.8, 4) is 11.1 Å². The monoisotopic (exact) mass is 476 g/mol. The molecule has 7 nitrogen and oxygen atoms in total. The highest BCUT2D eigenvalue weighted by atomic mass is 16.5. The van der Waals surface area contributed by atoms with Crippen LogP contribution in [0.3, 0.4) is 0 Å². The van der Waals surface area contributed by atoms with Crippen LogP contribution in [0.2, 0.25) is 0 Å². The van der Waals surface area contributed by atoms with E-state index >= 15 is 0 Å². The summed E-state index contributed by atoms with van der Waals surface area (Å²) in [7, 11) is 0. The lowest BCUT2D eigenvalue weighted by atomic mass is 9.78. The fraction of sp³-hybridized carbons (Fsp3) is 0.464. The number of carboxylic acids is 1. The Balaban J connectivity index is 1.04. The summed E-state index contributed by atoms with van der Waals surface area (Å²) >= 11 is 0. The lowest BCUT2D eigenvalue weighted by molar-refractivity contribution is -0.148. The first-order chi connectivity index (χ1) is 16.9. The van der Waals surface area contributed by atoms with Gasteiger partial charge < -0.3 is 20.5 Å². The first-order valence-corrected chi connectivity index (χ1v) is 12.6. The van der Waals surface area contributed by atoms with Gasteiger partial charge >= 0.3 is 12.1 Å². The molecule has 7 heteroatoms. The van der Waals surface area contributed by atoms with Crippen LogP contribution >= 0.6 is 0 Å². The summed E-state index contributed by atoms with van der Waals surface area (Å²) in [6.45, 7) is 0.485. The van der Waals surface area contributed by atoms with E-state index in [1.165, 1.54) is 22.3 Å². The molecule has 3 aliphatic rings. The van der Waals surface area contributed by atoms with Gasteiger partial charge in [-0.15, -0.1) is 0 Å². The van der Waals surface area contributed by atoms with Crippen LogP contribution in [0.4, 0.5) is 4.79 Å². The molecule has 2 aromatic carbocycles. The zero-order valence-corrected chi connectivity index (χ0v) is 19.8. The van der Waals surface area contributed by atoms with Crippen molar-refractivity contribution in [3.05, 3.63) is 59.7 Å². The second-order valence-electron chi connectivity index (χ2n) is 10.3. The van der Waals surface area contributed by atoms with Crippen LogP contribution in [0.25, 0.3) is 11.1 Å². The third-order valence-corrected chi connectivity index (χ3v) is 8.01. The van der Waals surface area contributed by atoms with Gasteiger partial charge in [0.05, 0.1) is 5.41 Å². The van der Waals surface area contributed by atoms with Crippen molar-refractivity contribution in [2.45, 2.75) is 56.9 Å². The van der Waals surface area contributed by atoms with Crippen molar-refractivity contribution in [1.82, 2.24) is 10.6 Å². The number of alkyl carbamates (subject to hydrolysis) is 1. The van der Waals surface area contributed by atoms with Gasteiger partial charge in [-0.25, -0.2) is 4.79 Å². The number of carbonyl (C=O) groups is 3. The van der Waals surface area contributed by atoms with Crippen molar-refractivity contribution in [2.75, 3.05) is 13.2 Å². The van der Waals surface area contributed by atoms with E-state index < -0.39 is 17.5 Å². The summed E-state index contributed by atoms with van der Waals surface area (Å²) in [5.74, 6) is -0.702. The second-order valence-corrected chi connectivity index (χ2v) is 10.3. The molecule has 3 aliphatic carbocycles. The van der Waals surface area contributed by atoms with E-state index in [4.69, 9.17) is 4.74 Å². The maximum atomic E-state index is 12.4. The van der Waals surface area contributed by atoms with E-state index in [0.29, 0.717) is 19.3 Å². The average molecular weight is 477 g/mol. The molecule has 2 aromatic rings. The zero-order valence-electron chi connectivity index (χ0n) is 19.8. The highest BCUT2D eigenvalue weighted by molar-refractivity contribution is 5.80. The minimum absolute atomic E-state index is 0.00337. The molecular formula is C28H32N2O5. The summed E-state index contributed by atoms with van der Waals surface area (Å²) in [4.78, 5) is 36.4. The van der Waals surface area contributed by atoms with E-state index in [1.54, 1.807) is 0 Å². The standard InChI is InChI=1S/C28H32N2O5/c31-25(29-17-28(26(32)33)11-5-6-12-28)15-18-13-19(14-18)30-27(34)35-16-24-22-9-3-1-7-20(22)21-8-2-4-10-23(21)24/h1-4,7-10,18-19,24H,5-6,11-17H2,(H,29,31)(H,30,34)(H,32,33). The van der Waals surface area contributed by atoms with Crippen molar-refractivity contribution in [3.63, 3.8) is 0 Å². The maximum absolute atomic E-state index is 12.4. The fourth-order valence-corrected chi connectivity index (χ4v) is 5.95. The summed E-state index contributed by atoms with van der Waals surface area (Å²) in [5.41, 5.74) is 3.94. The Morgan fingerprint density at radius 1 is 0.943 bits per heavy atom. The topological polar surface area (TPSA) is 105 Å². The van der Waals surface area contributed by atoms with Crippen molar-refractivity contribution < 1.29 is 24.2 Å². The van der Waals surface area contributed by atoms with Crippen LogP contribution in [0.15, 0.2) is 48.5 Å². The molecule has 2 saturated carbocycles. The number of hydrogen-bond donors (Lipinski definition) is 3.